The molecule has 28 heavy (non-hydrogen) atoms. The molecule has 2 aromatic heterocycles. The maximum atomic E-state index is 12.0. The quantitative estimate of drug-likeness (QED) is 0.681. The van der Waals surface area contributed by atoms with Gasteiger partial charge < -0.3 is 4.98 Å². The van der Waals surface area contributed by atoms with Crippen LogP contribution in [0.5, 0.6) is 0 Å². The van der Waals surface area contributed by atoms with Crippen molar-refractivity contribution in [3.05, 3.63) is 76.2 Å². The molecular formula is C22H27N5O. The molecule has 0 aliphatic heterocycles. The number of hydrogen-bond acceptors (Lipinski definition) is 5. The zero-order chi connectivity index (χ0) is 20.1. The number of H-pyrrole nitrogens is 1. The van der Waals surface area contributed by atoms with Crippen LogP contribution in [-0.2, 0) is 13.0 Å². The highest BCUT2D eigenvalue weighted by Gasteiger charge is 2.13. The van der Waals surface area contributed by atoms with Gasteiger partial charge in [-0.05, 0) is 37.9 Å². The summed E-state index contributed by atoms with van der Waals surface area (Å²) in [6.07, 6.45) is 4.14. The van der Waals surface area contributed by atoms with E-state index < -0.39 is 0 Å². The Morgan fingerprint density at radius 3 is 2.50 bits per heavy atom. The van der Waals surface area contributed by atoms with Gasteiger partial charge in [-0.2, -0.15) is 0 Å². The van der Waals surface area contributed by atoms with Crippen LogP contribution in [0.4, 0.5) is 0 Å². The lowest BCUT2D eigenvalue weighted by molar-refractivity contribution is 0.248. The molecule has 0 saturated carbocycles. The summed E-state index contributed by atoms with van der Waals surface area (Å²) < 4.78 is 0. The Balaban J connectivity index is 1.73. The molecule has 0 aliphatic carbocycles. The topological polar surface area (TPSA) is 74.8 Å². The summed E-state index contributed by atoms with van der Waals surface area (Å²) in [5.41, 5.74) is 3.82. The van der Waals surface area contributed by atoms with Crippen LogP contribution >= 0.6 is 0 Å². The molecular weight excluding hydrogens is 350 g/mol. The number of aromatic nitrogens is 4. The van der Waals surface area contributed by atoms with Gasteiger partial charge in [-0.25, -0.2) is 15.0 Å². The first-order valence-corrected chi connectivity index (χ1v) is 9.58. The average Bonchev–Trinajstić information content (AvgIpc) is 2.67. The van der Waals surface area contributed by atoms with Crippen LogP contribution in [0.3, 0.4) is 0 Å². The van der Waals surface area contributed by atoms with E-state index in [4.69, 9.17) is 0 Å². The van der Waals surface area contributed by atoms with E-state index in [0.717, 1.165) is 29.9 Å². The molecule has 1 atom stereocenters. The van der Waals surface area contributed by atoms with Gasteiger partial charge in [0.1, 0.15) is 12.2 Å². The predicted octanol–water partition coefficient (Wildman–Crippen LogP) is 3.62. The normalized spacial score (nSPS) is 12.5. The van der Waals surface area contributed by atoms with Crippen molar-refractivity contribution in [2.75, 3.05) is 7.05 Å². The minimum atomic E-state index is -0.108. The molecule has 1 N–H and O–H groups in total. The van der Waals surface area contributed by atoms with Crippen LogP contribution in [0.15, 0.2) is 53.7 Å². The number of aromatic amines is 1. The lowest BCUT2D eigenvalue weighted by Gasteiger charge is -2.24. The third-order valence-corrected chi connectivity index (χ3v) is 4.77. The Morgan fingerprint density at radius 2 is 1.86 bits per heavy atom. The van der Waals surface area contributed by atoms with E-state index in [2.05, 4.69) is 64.8 Å². The predicted molar refractivity (Wildman–Crippen MR) is 111 cm³/mol. The molecule has 0 amide bonds. The van der Waals surface area contributed by atoms with Gasteiger partial charge in [-0.3, -0.25) is 9.69 Å². The van der Waals surface area contributed by atoms with E-state index in [-0.39, 0.29) is 11.6 Å². The summed E-state index contributed by atoms with van der Waals surface area (Å²) in [6, 6.07) is 11.9. The third kappa shape index (κ3) is 5.10. The standard InChI is InChI=1S/C22H27N5O/c1-15(2)11-19-12-21(28)26-22(25-19)18-7-5-17(6-8-18)13-27(4)16(3)20-9-10-23-14-24-20/h5-10,12,14-16H,11,13H2,1-4H3,(H,25,26,28). The van der Waals surface area contributed by atoms with Gasteiger partial charge in [0.15, 0.2) is 0 Å². The first-order chi connectivity index (χ1) is 13.4. The average molecular weight is 377 g/mol. The van der Waals surface area contributed by atoms with E-state index in [1.807, 2.05) is 18.2 Å². The van der Waals surface area contributed by atoms with E-state index >= 15 is 0 Å². The lowest BCUT2D eigenvalue weighted by Crippen LogP contribution is -2.22. The zero-order valence-electron chi connectivity index (χ0n) is 16.9. The van der Waals surface area contributed by atoms with Gasteiger partial charge in [0.05, 0.1) is 5.69 Å². The molecule has 2 heterocycles. The van der Waals surface area contributed by atoms with Crippen molar-refractivity contribution in [2.24, 2.45) is 5.92 Å². The third-order valence-electron chi connectivity index (χ3n) is 4.77. The van der Waals surface area contributed by atoms with Gasteiger partial charge in [0.25, 0.3) is 5.56 Å². The van der Waals surface area contributed by atoms with Crippen molar-refractivity contribution < 1.29 is 0 Å². The molecule has 6 heteroatoms. The number of rotatable bonds is 7. The summed E-state index contributed by atoms with van der Waals surface area (Å²) in [4.78, 5) is 30.0. The second-order valence-electron chi connectivity index (χ2n) is 7.61. The van der Waals surface area contributed by atoms with Crippen molar-refractivity contribution in [3.8, 4) is 11.4 Å². The highest BCUT2D eigenvalue weighted by atomic mass is 16.1. The molecule has 0 bridgehead atoms. The summed E-state index contributed by atoms with van der Waals surface area (Å²) in [5.74, 6) is 1.08. The lowest BCUT2D eigenvalue weighted by atomic mass is 10.1. The van der Waals surface area contributed by atoms with Crippen molar-refractivity contribution in [1.29, 1.82) is 0 Å². The molecule has 0 radical (unpaired) electrons. The first-order valence-electron chi connectivity index (χ1n) is 9.58. The molecule has 0 spiro atoms. The summed E-state index contributed by atoms with van der Waals surface area (Å²) in [5, 5.41) is 0. The number of nitrogens with one attached hydrogen (secondary N) is 1. The minimum absolute atomic E-state index is 0.108. The highest BCUT2D eigenvalue weighted by molar-refractivity contribution is 5.55. The maximum Gasteiger partial charge on any atom is 0.251 e. The van der Waals surface area contributed by atoms with Gasteiger partial charge in [-0.15, -0.1) is 0 Å². The molecule has 0 saturated heterocycles. The minimum Gasteiger partial charge on any atom is -0.307 e. The van der Waals surface area contributed by atoms with Crippen LogP contribution in [0.2, 0.25) is 0 Å². The molecule has 1 aromatic carbocycles. The first kappa shape index (κ1) is 19.9. The van der Waals surface area contributed by atoms with Crippen molar-refractivity contribution in [2.45, 2.75) is 39.8 Å². The highest BCUT2D eigenvalue weighted by Crippen LogP contribution is 2.20. The second-order valence-corrected chi connectivity index (χ2v) is 7.61. The molecule has 3 rings (SSSR count). The number of nitrogens with zero attached hydrogens (tertiary/aromatic N) is 4. The van der Waals surface area contributed by atoms with Gasteiger partial charge in [-0.1, -0.05) is 38.1 Å². The number of hydrogen-bond donors (Lipinski definition) is 1. The van der Waals surface area contributed by atoms with E-state index in [0.29, 0.717) is 11.7 Å². The Kier molecular flexibility index (Phi) is 6.31. The van der Waals surface area contributed by atoms with Crippen LogP contribution in [0.25, 0.3) is 11.4 Å². The fourth-order valence-corrected chi connectivity index (χ4v) is 3.13. The molecule has 0 aliphatic rings. The molecule has 146 valence electrons. The van der Waals surface area contributed by atoms with E-state index in [1.54, 1.807) is 18.6 Å². The van der Waals surface area contributed by atoms with Crippen molar-refractivity contribution >= 4 is 0 Å². The van der Waals surface area contributed by atoms with E-state index in [1.165, 1.54) is 5.56 Å². The Hall–Kier alpha value is -2.86. The Labute approximate surface area is 165 Å². The molecule has 3 aromatic rings. The fraction of sp³-hybridized carbons (Fsp3) is 0.364. The summed E-state index contributed by atoms with van der Waals surface area (Å²) in [6.45, 7) is 7.17. The number of benzene rings is 1. The second kappa shape index (κ2) is 8.89. The zero-order valence-corrected chi connectivity index (χ0v) is 16.9. The Bertz CT molecular complexity index is 951. The smallest absolute Gasteiger partial charge is 0.251 e. The molecule has 1 unspecified atom stereocenters. The van der Waals surface area contributed by atoms with Gasteiger partial charge >= 0.3 is 0 Å². The SMILES string of the molecule is CC(C)Cc1cc(=O)[nH]c(-c2ccc(CN(C)C(C)c3ccncn3)cc2)n1. The van der Waals surface area contributed by atoms with Crippen LogP contribution in [0.1, 0.15) is 43.8 Å². The van der Waals surface area contributed by atoms with Crippen LogP contribution in [0, 0.1) is 5.92 Å². The fourth-order valence-electron chi connectivity index (χ4n) is 3.13. The van der Waals surface area contributed by atoms with Crippen molar-refractivity contribution in [3.63, 3.8) is 0 Å². The summed E-state index contributed by atoms with van der Waals surface area (Å²) in [7, 11) is 2.08. The van der Waals surface area contributed by atoms with Gasteiger partial charge in [0, 0.05) is 36.1 Å². The largest absolute Gasteiger partial charge is 0.307 e. The molecule has 6 nitrogen and oxygen atoms in total. The maximum absolute atomic E-state index is 12.0. The van der Waals surface area contributed by atoms with E-state index in [9.17, 15) is 4.79 Å². The molecule has 0 fully saturated rings. The summed E-state index contributed by atoms with van der Waals surface area (Å²) >= 11 is 0. The monoisotopic (exact) mass is 377 g/mol. The van der Waals surface area contributed by atoms with Gasteiger partial charge in [0.2, 0.25) is 0 Å². The van der Waals surface area contributed by atoms with Crippen molar-refractivity contribution in [1.82, 2.24) is 24.8 Å². The van der Waals surface area contributed by atoms with Crippen LogP contribution < -0.4 is 5.56 Å². The Morgan fingerprint density at radius 1 is 1.11 bits per heavy atom. The van der Waals surface area contributed by atoms with Crippen LogP contribution in [-0.4, -0.2) is 31.9 Å².